The van der Waals surface area contributed by atoms with E-state index < -0.39 is 0 Å². The number of carbonyl (C=O) groups excluding carboxylic acids is 2. The summed E-state index contributed by atoms with van der Waals surface area (Å²) in [5.74, 6) is -0.0346. The minimum absolute atomic E-state index is 0.0120. The van der Waals surface area contributed by atoms with Crippen LogP contribution in [-0.2, 0) is 11.3 Å². The molecule has 1 aromatic heterocycles. The highest BCUT2D eigenvalue weighted by Gasteiger charge is 2.35. The van der Waals surface area contributed by atoms with Gasteiger partial charge in [-0.15, -0.1) is 11.3 Å². The lowest BCUT2D eigenvalue weighted by atomic mass is 10.1. The Hall–Kier alpha value is -2.73. The molecule has 2 amide bonds. The molecule has 2 aromatic carbocycles. The number of carbonyl (C=O) groups is 2. The van der Waals surface area contributed by atoms with Crippen LogP contribution in [0, 0.1) is 0 Å². The quantitative estimate of drug-likeness (QED) is 0.701. The lowest BCUT2D eigenvalue weighted by Gasteiger charge is -2.25. The smallest absolute Gasteiger partial charge is 0.254 e. The number of rotatable bonds is 3. The van der Waals surface area contributed by atoms with E-state index in [-0.39, 0.29) is 24.4 Å². The molecule has 2 aliphatic rings. The molecule has 0 radical (unpaired) electrons. The third kappa shape index (κ3) is 2.80. The van der Waals surface area contributed by atoms with Gasteiger partial charge in [0.15, 0.2) is 0 Å². The number of thiazole rings is 1. The van der Waals surface area contributed by atoms with E-state index >= 15 is 0 Å². The van der Waals surface area contributed by atoms with Crippen LogP contribution in [0.15, 0.2) is 48.5 Å². The van der Waals surface area contributed by atoms with Gasteiger partial charge in [0.25, 0.3) is 5.91 Å². The maximum absolute atomic E-state index is 13.0. The normalized spacial score (nSPS) is 19.1. The summed E-state index contributed by atoms with van der Waals surface area (Å²) in [7, 11) is 0. The van der Waals surface area contributed by atoms with Crippen molar-refractivity contribution in [2.75, 3.05) is 13.1 Å². The van der Waals surface area contributed by atoms with Gasteiger partial charge in [-0.2, -0.15) is 0 Å². The summed E-state index contributed by atoms with van der Waals surface area (Å²) >= 11 is 1.66. The van der Waals surface area contributed by atoms with Crippen molar-refractivity contribution in [2.24, 2.45) is 0 Å². The molecule has 6 heteroatoms. The zero-order valence-corrected chi connectivity index (χ0v) is 15.6. The molecule has 3 aromatic rings. The molecule has 0 bridgehead atoms. The summed E-state index contributed by atoms with van der Waals surface area (Å²) in [5, 5.41) is 0.998. The molecule has 0 saturated carbocycles. The van der Waals surface area contributed by atoms with Gasteiger partial charge in [-0.25, -0.2) is 4.98 Å². The molecule has 1 fully saturated rings. The molecule has 27 heavy (non-hydrogen) atoms. The molecule has 5 rings (SSSR count). The van der Waals surface area contributed by atoms with Crippen molar-refractivity contribution in [3.63, 3.8) is 0 Å². The van der Waals surface area contributed by atoms with Crippen molar-refractivity contribution in [1.82, 2.24) is 14.8 Å². The SMILES string of the molecule is O=C1c2ccccc2CN1CC(=O)N1CCCC1c1nc2ccccc2s1. The van der Waals surface area contributed by atoms with Crippen molar-refractivity contribution >= 4 is 33.4 Å². The Morgan fingerprint density at radius 2 is 1.96 bits per heavy atom. The van der Waals surface area contributed by atoms with Crippen LogP contribution in [0.4, 0.5) is 0 Å². The largest absolute Gasteiger partial charge is 0.332 e. The summed E-state index contributed by atoms with van der Waals surface area (Å²) < 4.78 is 1.15. The molecule has 2 aliphatic heterocycles. The van der Waals surface area contributed by atoms with E-state index in [1.165, 1.54) is 0 Å². The van der Waals surface area contributed by atoms with Crippen LogP contribution >= 0.6 is 11.3 Å². The van der Waals surface area contributed by atoms with Crippen molar-refractivity contribution in [1.29, 1.82) is 0 Å². The second kappa shape index (κ2) is 6.46. The minimum atomic E-state index is -0.0466. The van der Waals surface area contributed by atoms with Crippen LogP contribution in [0.5, 0.6) is 0 Å². The van der Waals surface area contributed by atoms with Crippen LogP contribution in [-0.4, -0.2) is 39.7 Å². The van der Waals surface area contributed by atoms with Crippen molar-refractivity contribution < 1.29 is 9.59 Å². The van der Waals surface area contributed by atoms with Crippen molar-refractivity contribution in [2.45, 2.75) is 25.4 Å². The second-order valence-corrected chi connectivity index (χ2v) is 8.15. The first-order valence-corrected chi connectivity index (χ1v) is 10.0. The number of hydrogen-bond acceptors (Lipinski definition) is 4. The molecular weight excluding hydrogens is 358 g/mol. The number of benzene rings is 2. The summed E-state index contributed by atoms with van der Waals surface area (Å²) in [4.78, 5) is 33.9. The zero-order chi connectivity index (χ0) is 18.4. The van der Waals surface area contributed by atoms with E-state index in [4.69, 9.17) is 4.98 Å². The molecular formula is C21H19N3O2S. The van der Waals surface area contributed by atoms with Crippen LogP contribution < -0.4 is 0 Å². The number of para-hydroxylation sites is 1. The first-order valence-electron chi connectivity index (χ1n) is 9.23. The van der Waals surface area contributed by atoms with E-state index in [2.05, 4.69) is 6.07 Å². The standard InChI is InChI=1S/C21H19N3O2S/c25-19(13-23-12-14-6-1-2-7-15(14)21(23)26)24-11-5-9-17(24)20-22-16-8-3-4-10-18(16)27-20/h1-4,6-8,10,17H,5,9,11-13H2. The Labute approximate surface area is 161 Å². The molecule has 5 nitrogen and oxygen atoms in total. The van der Waals surface area contributed by atoms with Gasteiger partial charge in [0.1, 0.15) is 11.6 Å². The number of aromatic nitrogens is 1. The van der Waals surface area contributed by atoms with Gasteiger partial charge < -0.3 is 9.80 Å². The Kier molecular flexibility index (Phi) is 3.93. The van der Waals surface area contributed by atoms with E-state index in [0.29, 0.717) is 6.54 Å². The molecule has 3 heterocycles. The van der Waals surface area contributed by atoms with Gasteiger partial charge in [0.2, 0.25) is 5.91 Å². The Bertz CT molecular complexity index is 1010. The predicted octanol–water partition coefficient (Wildman–Crippen LogP) is 3.62. The lowest BCUT2D eigenvalue weighted by molar-refractivity contribution is -0.132. The van der Waals surface area contributed by atoms with Gasteiger partial charge in [0.05, 0.1) is 16.3 Å². The van der Waals surface area contributed by atoms with Crippen LogP contribution in [0.2, 0.25) is 0 Å². The van der Waals surface area contributed by atoms with Gasteiger partial charge in [-0.1, -0.05) is 30.3 Å². The topological polar surface area (TPSA) is 53.5 Å². The van der Waals surface area contributed by atoms with Crippen LogP contribution in [0.1, 0.15) is 39.8 Å². The molecule has 1 unspecified atom stereocenters. The summed E-state index contributed by atoms with van der Waals surface area (Å²) in [6, 6.07) is 15.7. The fraction of sp³-hybridized carbons (Fsp3) is 0.286. The molecule has 136 valence electrons. The molecule has 1 saturated heterocycles. The number of nitrogens with zero attached hydrogens (tertiary/aromatic N) is 3. The van der Waals surface area contributed by atoms with Crippen molar-refractivity contribution in [3.8, 4) is 0 Å². The van der Waals surface area contributed by atoms with E-state index in [9.17, 15) is 9.59 Å². The van der Waals surface area contributed by atoms with E-state index in [1.807, 2.05) is 47.4 Å². The number of hydrogen-bond donors (Lipinski definition) is 0. The molecule has 0 aliphatic carbocycles. The third-order valence-electron chi connectivity index (χ3n) is 5.39. The Morgan fingerprint density at radius 1 is 1.15 bits per heavy atom. The van der Waals surface area contributed by atoms with Crippen LogP contribution in [0.3, 0.4) is 0 Å². The minimum Gasteiger partial charge on any atom is -0.332 e. The summed E-state index contributed by atoms with van der Waals surface area (Å²) in [6.45, 7) is 1.38. The maximum Gasteiger partial charge on any atom is 0.254 e. The first-order chi connectivity index (χ1) is 13.2. The van der Waals surface area contributed by atoms with Gasteiger partial charge in [-0.3, -0.25) is 9.59 Å². The molecule has 0 N–H and O–H groups in total. The van der Waals surface area contributed by atoms with E-state index in [1.54, 1.807) is 16.2 Å². The van der Waals surface area contributed by atoms with Gasteiger partial charge in [-0.05, 0) is 36.6 Å². The highest BCUT2D eigenvalue weighted by molar-refractivity contribution is 7.18. The Balaban J connectivity index is 1.35. The summed E-state index contributed by atoms with van der Waals surface area (Å²) in [5.41, 5.74) is 2.70. The number of fused-ring (bicyclic) bond motifs is 2. The van der Waals surface area contributed by atoms with Gasteiger partial charge >= 0.3 is 0 Å². The zero-order valence-electron chi connectivity index (χ0n) is 14.8. The first kappa shape index (κ1) is 16.4. The third-order valence-corrected chi connectivity index (χ3v) is 6.53. The number of amides is 2. The molecule has 1 atom stereocenters. The maximum atomic E-state index is 13.0. The highest BCUT2D eigenvalue weighted by atomic mass is 32.1. The lowest BCUT2D eigenvalue weighted by Crippen LogP contribution is -2.40. The number of likely N-dealkylation sites (tertiary alicyclic amines) is 1. The fourth-order valence-corrected chi connectivity index (χ4v) is 5.17. The average molecular weight is 377 g/mol. The van der Waals surface area contributed by atoms with Gasteiger partial charge in [0, 0.05) is 18.7 Å². The predicted molar refractivity (Wildman–Crippen MR) is 104 cm³/mol. The Morgan fingerprint density at radius 3 is 2.81 bits per heavy atom. The summed E-state index contributed by atoms with van der Waals surface area (Å²) in [6.07, 6.45) is 1.90. The fourth-order valence-electron chi connectivity index (χ4n) is 4.05. The van der Waals surface area contributed by atoms with Crippen LogP contribution in [0.25, 0.3) is 10.2 Å². The van der Waals surface area contributed by atoms with E-state index in [0.717, 1.165) is 45.7 Å². The van der Waals surface area contributed by atoms with Crippen molar-refractivity contribution in [3.05, 3.63) is 64.7 Å². The average Bonchev–Trinajstić information content (AvgIpc) is 3.39. The monoisotopic (exact) mass is 377 g/mol. The second-order valence-electron chi connectivity index (χ2n) is 7.08. The highest BCUT2D eigenvalue weighted by Crippen LogP contribution is 2.36. The molecule has 0 spiro atoms.